The van der Waals surface area contributed by atoms with Gasteiger partial charge in [0.15, 0.2) is 0 Å². The molecule has 0 atom stereocenters. The number of nitrogens with one attached hydrogen (secondary N) is 2. The second-order valence-corrected chi connectivity index (χ2v) is 6.51. The lowest BCUT2D eigenvalue weighted by Crippen LogP contribution is -2.19. The van der Waals surface area contributed by atoms with Crippen molar-refractivity contribution in [1.82, 2.24) is 14.9 Å². The average molecular weight is 378 g/mol. The lowest BCUT2D eigenvalue weighted by Gasteiger charge is -2.11. The second kappa shape index (κ2) is 9.35. The van der Waals surface area contributed by atoms with Crippen molar-refractivity contribution in [3.8, 4) is 5.75 Å². The molecule has 0 saturated heterocycles. The summed E-state index contributed by atoms with van der Waals surface area (Å²) >= 11 is 6.09. The predicted octanol–water partition coefficient (Wildman–Crippen LogP) is 3.06. The molecule has 26 heavy (non-hydrogen) atoms. The largest absolute Gasteiger partial charge is 0.495 e. The minimum atomic E-state index is -0.326. The van der Waals surface area contributed by atoms with E-state index in [9.17, 15) is 4.79 Å². The third-order valence-corrected chi connectivity index (χ3v) is 3.86. The molecule has 0 unspecified atom stereocenters. The predicted molar refractivity (Wildman–Crippen MR) is 104 cm³/mol. The monoisotopic (exact) mass is 377 g/mol. The van der Waals surface area contributed by atoms with Gasteiger partial charge in [0.2, 0.25) is 5.95 Å². The molecule has 1 aromatic carbocycles. The summed E-state index contributed by atoms with van der Waals surface area (Å²) in [5, 5.41) is 6.36. The van der Waals surface area contributed by atoms with E-state index < -0.39 is 0 Å². The molecule has 2 aromatic rings. The van der Waals surface area contributed by atoms with Crippen molar-refractivity contribution in [2.24, 2.45) is 0 Å². The molecule has 2 rings (SSSR count). The number of hydrogen-bond donors (Lipinski definition) is 2. The maximum Gasteiger partial charge on any atom is 0.274 e. The second-order valence-electron chi connectivity index (χ2n) is 6.11. The van der Waals surface area contributed by atoms with Gasteiger partial charge >= 0.3 is 0 Å². The van der Waals surface area contributed by atoms with Crippen molar-refractivity contribution in [2.45, 2.75) is 13.3 Å². The Morgan fingerprint density at radius 3 is 2.69 bits per heavy atom. The van der Waals surface area contributed by atoms with Crippen LogP contribution >= 0.6 is 11.6 Å². The first-order chi connectivity index (χ1) is 12.4. The molecular weight excluding hydrogens is 354 g/mol. The Morgan fingerprint density at radius 2 is 2.04 bits per heavy atom. The van der Waals surface area contributed by atoms with Crippen molar-refractivity contribution in [3.05, 3.63) is 40.7 Å². The molecule has 1 heterocycles. The molecule has 0 radical (unpaired) electrons. The van der Waals surface area contributed by atoms with Crippen LogP contribution in [0.1, 0.15) is 22.6 Å². The molecule has 0 aliphatic heterocycles. The number of nitrogens with zero attached hydrogens (tertiary/aromatic N) is 3. The molecule has 7 nitrogen and oxygen atoms in total. The number of rotatable bonds is 8. The minimum Gasteiger partial charge on any atom is -0.495 e. The Bertz CT molecular complexity index is 767. The number of aromatic nitrogens is 2. The van der Waals surface area contributed by atoms with Gasteiger partial charge in [-0.05, 0) is 58.3 Å². The maximum atomic E-state index is 12.5. The first-order valence-electron chi connectivity index (χ1n) is 8.28. The van der Waals surface area contributed by atoms with E-state index >= 15 is 0 Å². The molecule has 0 saturated carbocycles. The lowest BCUT2D eigenvalue weighted by molar-refractivity contribution is 0.102. The first kappa shape index (κ1) is 19.9. The Balaban J connectivity index is 2.05. The van der Waals surface area contributed by atoms with Crippen LogP contribution in [0.3, 0.4) is 0 Å². The Labute approximate surface area is 158 Å². The highest BCUT2D eigenvalue weighted by Crippen LogP contribution is 2.27. The van der Waals surface area contributed by atoms with E-state index in [4.69, 9.17) is 16.3 Å². The molecule has 0 bridgehead atoms. The van der Waals surface area contributed by atoms with E-state index in [0.717, 1.165) is 19.5 Å². The molecule has 1 amide bonds. The van der Waals surface area contributed by atoms with E-state index in [1.165, 1.54) is 7.11 Å². The van der Waals surface area contributed by atoms with Crippen LogP contribution in [0.2, 0.25) is 5.02 Å². The average Bonchev–Trinajstić information content (AvgIpc) is 2.58. The number of carbonyl (C=O) groups excluding carboxylic acids is 1. The molecule has 1 aromatic heterocycles. The fourth-order valence-corrected chi connectivity index (χ4v) is 2.56. The van der Waals surface area contributed by atoms with Crippen molar-refractivity contribution in [3.63, 3.8) is 0 Å². The fraction of sp³-hybridized carbons (Fsp3) is 0.389. The Kier molecular flexibility index (Phi) is 7.17. The van der Waals surface area contributed by atoms with Crippen LogP contribution in [-0.2, 0) is 0 Å². The highest BCUT2D eigenvalue weighted by atomic mass is 35.5. The van der Waals surface area contributed by atoms with Crippen LogP contribution < -0.4 is 15.4 Å². The van der Waals surface area contributed by atoms with Crippen molar-refractivity contribution in [1.29, 1.82) is 0 Å². The quantitative estimate of drug-likeness (QED) is 0.688. The van der Waals surface area contributed by atoms with Gasteiger partial charge in [-0.3, -0.25) is 4.79 Å². The van der Waals surface area contributed by atoms with Crippen LogP contribution in [0.4, 0.5) is 11.6 Å². The normalized spacial score (nSPS) is 10.7. The summed E-state index contributed by atoms with van der Waals surface area (Å²) in [4.78, 5) is 23.2. The number of carbonyl (C=O) groups is 1. The Morgan fingerprint density at radius 1 is 1.27 bits per heavy atom. The van der Waals surface area contributed by atoms with Crippen LogP contribution in [-0.4, -0.2) is 55.1 Å². The summed E-state index contributed by atoms with van der Waals surface area (Å²) in [6.07, 6.45) is 0.955. The summed E-state index contributed by atoms with van der Waals surface area (Å²) < 4.78 is 5.11. The highest BCUT2D eigenvalue weighted by molar-refractivity contribution is 6.32. The van der Waals surface area contributed by atoms with Gasteiger partial charge in [-0.2, -0.15) is 0 Å². The summed E-state index contributed by atoms with van der Waals surface area (Å²) in [7, 11) is 5.59. The van der Waals surface area contributed by atoms with E-state index in [1.54, 1.807) is 24.3 Å². The van der Waals surface area contributed by atoms with Gasteiger partial charge in [-0.1, -0.05) is 11.6 Å². The molecule has 0 aliphatic rings. The molecule has 0 fully saturated rings. The van der Waals surface area contributed by atoms with Crippen LogP contribution in [0, 0.1) is 6.92 Å². The van der Waals surface area contributed by atoms with Crippen molar-refractivity contribution < 1.29 is 9.53 Å². The molecule has 0 spiro atoms. The summed E-state index contributed by atoms with van der Waals surface area (Å²) in [5.74, 6) is 0.668. The van der Waals surface area contributed by atoms with E-state index in [1.807, 2.05) is 21.0 Å². The molecule has 8 heteroatoms. The summed E-state index contributed by atoms with van der Waals surface area (Å²) in [6, 6.07) is 6.69. The first-order valence-corrected chi connectivity index (χ1v) is 8.66. The SMILES string of the molecule is COc1ccc(NC(=O)c2cc(C)nc(NCCCN(C)C)n2)cc1Cl. The van der Waals surface area contributed by atoms with Gasteiger partial charge in [-0.15, -0.1) is 0 Å². The van der Waals surface area contributed by atoms with E-state index in [0.29, 0.717) is 33.8 Å². The van der Waals surface area contributed by atoms with Gasteiger partial charge in [0, 0.05) is 17.9 Å². The third-order valence-electron chi connectivity index (χ3n) is 3.56. The molecule has 2 N–H and O–H groups in total. The maximum absolute atomic E-state index is 12.5. The number of amides is 1. The smallest absolute Gasteiger partial charge is 0.274 e. The number of methoxy groups -OCH3 is 1. The van der Waals surface area contributed by atoms with Crippen LogP contribution in [0.5, 0.6) is 5.75 Å². The standard InChI is InChI=1S/C18H24ClN5O2/c1-12-10-15(23-18(21-12)20-8-5-9-24(2)3)17(25)22-13-6-7-16(26-4)14(19)11-13/h6-7,10-11H,5,8-9H2,1-4H3,(H,22,25)(H,20,21,23). The number of halogens is 1. The van der Waals surface area contributed by atoms with Crippen LogP contribution in [0.25, 0.3) is 0 Å². The lowest BCUT2D eigenvalue weighted by atomic mass is 10.2. The van der Waals surface area contributed by atoms with Gasteiger partial charge < -0.3 is 20.3 Å². The number of anilines is 2. The van der Waals surface area contributed by atoms with Crippen molar-refractivity contribution in [2.75, 3.05) is 44.9 Å². The zero-order chi connectivity index (χ0) is 19.1. The summed E-state index contributed by atoms with van der Waals surface area (Å²) in [6.45, 7) is 3.52. The topological polar surface area (TPSA) is 79.4 Å². The van der Waals surface area contributed by atoms with Gasteiger partial charge in [0.1, 0.15) is 11.4 Å². The Hall–Kier alpha value is -2.38. The zero-order valence-corrected chi connectivity index (χ0v) is 16.2. The minimum absolute atomic E-state index is 0.291. The number of hydrogen-bond acceptors (Lipinski definition) is 6. The van der Waals surface area contributed by atoms with Crippen LogP contribution in [0.15, 0.2) is 24.3 Å². The van der Waals surface area contributed by atoms with E-state index in [2.05, 4.69) is 25.5 Å². The molecule has 140 valence electrons. The summed E-state index contributed by atoms with van der Waals surface area (Å²) in [5.41, 5.74) is 1.57. The van der Waals surface area contributed by atoms with Gasteiger partial charge in [0.25, 0.3) is 5.91 Å². The molecule has 0 aliphatic carbocycles. The number of benzene rings is 1. The van der Waals surface area contributed by atoms with E-state index in [-0.39, 0.29) is 5.91 Å². The number of ether oxygens (including phenoxy) is 1. The molecular formula is C18H24ClN5O2. The fourth-order valence-electron chi connectivity index (χ4n) is 2.30. The third kappa shape index (κ3) is 5.86. The zero-order valence-electron chi connectivity index (χ0n) is 15.5. The number of aryl methyl sites for hydroxylation is 1. The van der Waals surface area contributed by atoms with Crippen molar-refractivity contribution >= 4 is 29.1 Å². The van der Waals surface area contributed by atoms with Gasteiger partial charge in [0.05, 0.1) is 12.1 Å². The highest BCUT2D eigenvalue weighted by Gasteiger charge is 2.12. The van der Waals surface area contributed by atoms with Gasteiger partial charge in [-0.25, -0.2) is 9.97 Å².